The highest BCUT2D eigenvalue weighted by Gasteiger charge is 2.32. The number of carboxylic acids is 1. The zero-order valence-corrected chi connectivity index (χ0v) is 16.6. The van der Waals surface area contributed by atoms with Crippen LogP contribution in [0, 0.1) is 0 Å². The van der Waals surface area contributed by atoms with Crippen molar-refractivity contribution in [3.63, 3.8) is 0 Å². The van der Waals surface area contributed by atoms with Gasteiger partial charge in [-0.3, -0.25) is 4.79 Å². The monoisotopic (exact) mass is 370 g/mol. The molecule has 1 aliphatic heterocycles. The fourth-order valence-corrected chi connectivity index (χ4v) is 4.20. The first kappa shape index (κ1) is 18.8. The highest BCUT2D eigenvalue weighted by molar-refractivity contribution is 7.99. The topological polar surface area (TPSA) is 43.8 Å². The van der Waals surface area contributed by atoms with Gasteiger partial charge in [0.15, 0.2) is 0 Å². The van der Waals surface area contributed by atoms with Crippen molar-refractivity contribution < 1.29 is 9.90 Å². The fraction of sp³-hybridized carbons (Fsp3) is 0.381. The molecular weight excluding hydrogens is 344 g/mol. The molecule has 0 unspecified atom stereocenters. The predicted molar refractivity (Wildman–Crippen MR) is 108 cm³/mol. The molecule has 3 rings (SSSR count). The highest BCUT2D eigenvalue weighted by atomic mass is 32.2. The molecule has 26 heavy (non-hydrogen) atoms. The number of carbonyl (C=O) groups is 1. The Morgan fingerprint density at radius 3 is 2.50 bits per heavy atom. The molecule has 0 saturated heterocycles. The predicted octanol–water partition coefficient (Wildman–Crippen LogP) is 4.60. The third kappa shape index (κ3) is 3.60. The van der Waals surface area contributed by atoms with E-state index < -0.39 is 11.4 Å². The lowest BCUT2D eigenvalue weighted by molar-refractivity contribution is -0.142. The molecule has 1 heterocycles. The Morgan fingerprint density at radius 2 is 1.81 bits per heavy atom. The normalized spacial score (nSPS) is 13.5. The van der Waals surface area contributed by atoms with Gasteiger partial charge in [-0.2, -0.15) is 0 Å². The molecule has 0 atom stereocenters. The molecule has 0 aliphatic carbocycles. The zero-order chi connectivity index (χ0) is 18.9. The number of hydrogen-bond donors (Lipinski definition) is 1. The van der Waals surface area contributed by atoms with Gasteiger partial charge >= 0.3 is 5.97 Å². The molecule has 0 fully saturated rings. The Balaban J connectivity index is 2.02. The SMILES string of the molecule is CN(C)CCCN1c2ccccc2Sc2ccc(C(C)(C)C(=O)O)cc21. The van der Waals surface area contributed by atoms with E-state index in [-0.39, 0.29) is 0 Å². The first-order valence-corrected chi connectivity index (χ1v) is 9.69. The van der Waals surface area contributed by atoms with Crippen molar-refractivity contribution >= 4 is 29.1 Å². The van der Waals surface area contributed by atoms with E-state index in [1.807, 2.05) is 6.07 Å². The lowest BCUT2D eigenvalue weighted by Crippen LogP contribution is -2.30. The van der Waals surface area contributed by atoms with Crippen molar-refractivity contribution in [2.24, 2.45) is 0 Å². The van der Waals surface area contributed by atoms with E-state index in [4.69, 9.17) is 0 Å². The van der Waals surface area contributed by atoms with Crippen LogP contribution >= 0.6 is 11.8 Å². The quantitative estimate of drug-likeness (QED) is 0.805. The second kappa shape index (κ2) is 7.33. The van der Waals surface area contributed by atoms with Gasteiger partial charge in [0, 0.05) is 16.3 Å². The summed E-state index contributed by atoms with van der Waals surface area (Å²) < 4.78 is 0. The van der Waals surface area contributed by atoms with Gasteiger partial charge in [0.2, 0.25) is 0 Å². The average molecular weight is 371 g/mol. The molecule has 0 aromatic heterocycles. The van der Waals surface area contributed by atoms with Crippen LogP contribution in [0.15, 0.2) is 52.3 Å². The third-order valence-electron chi connectivity index (χ3n) is 4.87. The Morgan fingerprint density at radius 1 is 1.12 bits per heavy atom. The number of hydrogen-bond acceptors (Lipinski definition) is 4. The van der Waals surface area contributed by atoms with Crippen molar-refractivity contribution in [3.8, 4) is 0 Å². The molecule has 2 aromatic carbocycles. The van der Waals surface area contributed by atoms with Crippen LogP contribution in [0.2, 0.25) is 0 Å². The van der Waals surface area contributed by atoms with Gasteiger partial charge in [0.05, 0.1) is 16.8 Å². The van der Waals surface area contributed by atoms with Gasteiger partial charge in [0.1, 0.15) is 0 Å². The van der Waals surface area contributed by atoms with Crippen LogP contribution in [-0.2, 0) is 10.2 Å². The molecule has 4 nitrogen and oxygen atoms in total. The summed E-state index contributed by atoms with van der Waals surface area (Å²) in [6, 6.07) is 14.5. The van der Waals surface area contributed by atoms with Gasteiger partial charge in [0.25, 0.3) is 0 Å². The standard InChI is InChI=1S/C21H26N2O2S/c1-21(2,20(24)25)15-10-11-19-17(14-15)23(13-7-12-22(3)4)16-8-5-6-9-18(16)26-19/h5-6,8-11,14H,7,12-13H2,1-4H3,(H,24,25). The van der Waals surface area contributed by atoms with E-state index in [1.54, 1.807) is 25.6 Å². The largest absolute Gasteiger partial charge is 0.481 e. The molecule has 0 spiro atoms. The van der Waals surface area contributed by atoms with E-state index in [0.717, 1.165) is 30.8 Å². The summed E-state index contributed by atoms with van der Waals surface area (Å²) in [4.78, 5) is 18.6. The lowest BCUT2D eigenvalue weighted by atomic mass is 9.84. The summed E-state index contributed by atoms with van der Waals surface area (Å²) in [5.74, 6) is -0.805. The molecule has 0 radical (unpaired) electrons. The van der Waals surface area contributed by atoms with Gasteiger partial charge in [-0.25, -0.2) is 0 Å². The Bertz CT molecular complexity index is 817. The Labute approximate surface area is 159 Å². The van der Waals surface area contributed by atoms with E-state index in [0.29, 0.717) is 0 Å². The van der Waals surface area contributed by atoms with Crippen LogP contribution in [0.5, 0.6) is 0 Å². The highest BCUT2D eigenvalue weighted by Crippen LogP contribution is 2.49. The minimum absolute atomic E-state index is 0.805. The molecular formula is C21H26N2O2S. The summed E-state index contributed by atoms with van der Waals surface area (Å²) >= 11 is 1.75. The second-order valence-corrected chi connectivity index (χ2v) is 8.57. The molecule has 5 heteroatoms. The van der Waals surface area contributed by atoms with Crippen LogP contribution in [0.4, 0.5) is 11.4 Å². The molecule has 2 aromatic rings. The van der Waals surface area contributed by atoms with Crippen molar-refractivity contribution in [1.29, 1.82) is 0 Å². The minimum atomic E-state index is -0.911. The van der Waals surface area contributed by atoms with Crippen LogP contribution in [0.1, 0.15) is 25.8 Å². The van der Waals surface area contributed by atoms with E-state index in [1.165, 1.54) is 15.5 Å². The second-order valence-electron chi connectivity index (χ2n) is 7.49. The van der Waals surface area contributed by atoms with E-state index in [9.17, 15) is 9.90 Å². The molecule has 1 N–H and O–H groups in total. The molecule has 0 amide bonds. The van der Waals surface area contributed by atoms with Gasteiger partial charge in [-0.15, -0.1) is 0 Å². The maximum Gasteiger partial charge on any atom is 0.313 e. The van der Waals surface area contributed by atoms with E-state index in [2.05, 4.69) is 60.3 Å². The summed E-state index contributed by atoms with van der Waals surface area (Å²) in [7, 11) is 4.17. The maximum atomic E-state index is 11.7. The first-order chi connectivity index (χ1) is 12.3. The summed E-state index contributed by atoms with van der Waals surface area (Å²) in [6.07, 6.45) is 1.04. The Hall–Kier alpha value is -1.98. The first-order valence-electron chi connectivity index (χ1n) is 8.88. The van der Waals surface area contributed by atoms with Crippen LogP contribution in [-0.4, -0.2) is 43.2 Å². The number of carboxylic acid groups (broad SMARTS) is 1. The number of benzene rings is 2. The van der Waals surface area contributed by atoms with E-state index >= 15 is 0 Å². The van der Waals surface area contributed by atoms with Crippen LogP contribution in [0.3, 0.4) is 0 Å². The molecule has 0 saturated carbocycles. The molecule has 0 bridgehead atoms. The average Bonchev–Trinajstić information content (AvgIpc) is 2.60. The number of aliphatic carboxylic acids is 1. The lowest BCUT2D eigenvalue weighted by Gasteiger charge is -2.34. The molecule has 1 aliphatic rings. The van der Waals surface area contributed by atoms with Crippen LogP contribution in [0.25, 0.3) is 0 Å². The maximum absolute atomic E-state index is 11.7. The van der Waals surface area contributed by atoms with Gasteiger partial charge in [-0.05, 0) is 70.7 Å². The summed E-state index contributed by atoms with van der Waals surface area (Å²) in [6.45, 7) is 5.44. The van der Waals surface area contributed by atoms with Gasteiger partial charge in [-0.1, -0.05) is 30.0 Å². The number of fused-ring (bicyclic) bond motifs is 2. The van der Waals surface area contributed by atoms with Crippen molar-refractivity contribution in [3.05, 3.63) is 48.0 Å². The van der Waals surface area contributed by atoms with Crippen molar-refractivity contribution in [2.75, 3.05) is 32.1 Å². The minimum Gasteiger partial charge on any atom is -0.481 e. The van der Waals surface area contributed by atoms with Crippen molar-refractivity contribution in [1.82, 2.24) is 4.90 Å². The number of nitrogens with zero attached hydrogens (tertiary/aromatic N) is 2. The Kier molecular flexibility index (Phi) is 5.30. The number of anilines is 2. The smallest absolute Gasteiger partial charge is 0.313 e. The van der Waals surface area contributed by atoms with Crippen LogP contribution < -0.4 is 4.90 Å². The summed E-state index contributed by atoms with van der Waals surface area (Å²) in [5, 5.41) is 9.60. The van der Waals surface area contributed by atoms with Gasteiger partial charge < -0.3 is 14.9 Å². The van der Waals surface area contributed by atoms with Crippen molar-refractivity contribution in [2.45, 2.75) is 35.5 Å². The fourth-order valence-electron chi connectivity index (χ4n) is 3.13. The number of rotatable bonds is 6. The third-order valence-corrected chi connectivity index (χ3v) is 6.00. The number of para-hydroxylation sites is 1. The summed E-state index contributed by atoms with van der Waals surface area (Å²) in [5.41, 5.74) is 2.24. The zero-order valence-electron chi connectivity index (χ0n) is 15.8. The molecule has 138 valence electrons.